The van der Waals surface area contributed by atoms with E-state index in [1.165, 1.54) is 0 Å². The number of anilines is 1. The van der Waals surface area contributed by atoms with Crippen molar-refractivity contribution in [3.63, 3.8) is 0 Å². The second kappa shape index (κ2) is 7.13. The van der Waals surface area contributed by atoms with E-state index in [2.05, 4.69) is 21.2 Å². The average molecular weight is 357 g/mol. The zero-order valence-electron chi connectivity index (χ0n) is 11.3. The molecular formula is C14H17BrN2O2S. The Morgan fingerprint density at radius 2 is 1.95 bits per heavy atom. The number of carbonyl (C=O) groups is 2. The third-order valence-corrected chi connectivity index (χ3v) is 4.43. The molecule has 20 heavy (non-hydrogen) atoms. The quantitative estimate of drug-likeness (QED) is 0.846. The fraction of sp³-hybridized carbons (Fsp3) is 0.429. The highest BCUT2D eigenvalue weighted by atomic mass is 79.9. The Bertz CT molecular complexity index is 502. The van der Waals surface area contributed by atoms with E-state index in [-0.39, 0.29) is 16.6 Å². The molecule has 0 saturated carbocycles. The molecule has 1 fully saturated rings. The number of hydrogen-bond acceptors (Lipinski definition) is 3. The molecule has 0 bridgehead atoms. The van der Waals surface area contributed by atoms with E-state index in [9.17, 15) is 9.59 Å². The van der Waals surface area contributed by atoms with Crippen LogP contribution in [0, 0.1) is 0 Å². The molecule has 0 radical (unpaired) electrons. The van der Waals surface area contributed by atoms with Gasteiger partial charge >= 0.3 is 0 Å². The number of nitrogens with zero attached hydrogens (tertiary/aromatic N) is 1. The van der Waals surface area contributed by atoms with E-state index in [0.29, 0.717) is 11.3 Å². The summed E-state index contributed by atoms with van der Waals surface area (Å²) in [6, 6.07) is 7.16. The molecule has 1 atom stereocenters. The molecule has 108 valence electrons. The van der Waals surface area contributed by atoms with E-state index in [1.807, 2.05) is 28.8 Å². The molecule has 4 nitrogen and oxygen atoms in total. The number of benzene rings is 1. The van der Waals surface area contributed by atoms with Crippen LogP contribution < -0.4 is 5.32 Å². The molecular weight excluding hydrogens is 340 g/mol. The molecule has 2 amide bonds. The molecule has 0 aliphatic carbocycles. The Balaban J connectivity index is 2.18. The van der Waals surface area contributed by atoms with Gasteiger partial charge < -0.3 is 10.2 Å². The minimum absolute atomic E-state index is 0.0107. The summed E-state index contributed by atoms with van der Waals surface area (Å²) < 4.78 is 0. The largest absolute Gasteiger partial charge is 0.337 e. The number of para-hydroxylation sites is 1. The van der Waals surface area contributed by atoms with Crippen LogP contribution in [0.5, 0.6) is 0 Å². The first kappa shape index (κ1) is 15.4. The number of nitrogens with one attached hydrogen (secondary N) is 1. The number of thioether (sulfide) groups is 1. The first-order chi connectivity index (χ1) is 9.59. The summed E-state index contributed by atoms with van der Waals surface area (Å²) in [5.41, 5.74) is 1.13. The van der Waals surface area contributed by atoms with Gasteiger partial charge in [0, 0.05) is 24.6 Å². The van der Waals surface area contributed by atoms with Crippen molar-refractivity contribution in [3.8, 4) is 0 Å². The number of alkyl halides is 1. The summed E-state index contributed by atoms with van der Waals surface area (Å²) in [5.74, 6) is 1.78. The van der Waals surface area contributed by atoms with Crippen LogP contribution in [-0.4, -0.2) is 46.1 Å². The summed E-state index contributed by atoms with van der Waals surface area (Å²) >= 11 is 5.09. The second-order valence-corrected chi connectivity index (χ2v) is 7.15. The van der Waals surface area contributed by atoms with Crippen LogP contribution in [0.2, 0.25) is 0 Å². The van der Waals surface area contributed by atoms with Crippen molar-refractivity contribution in [3.05, 3.63) is 29.8 Å². The SMILES string of the molecule is C[C@H](Br)C(=O)Nc1ccccc1C(=O)N1CCSCC1. The molecule has 0 aromatic heterocycles. The molecule has 6 heteroatoms. The highest BCUT2D eigenvalue weighted by Gasteiger charge is 2.21. The summed E-state index contributed by atoms with van der Waals surface area (Å²) in [7, 11) is 0. The minimum atomic E-state index is -0.294. The summed E-state index contributed by atoms with van der Waals surface area (Å²) in [6.07, 6.45) is 0. The van der Waals surface area contributed by atoms with Crippen LogP contribution in [0.1, 0.15) is 17.3 Å². The monoisotopic (exact) mass is 356 g/mol. The normalized spacial score (nSPS) is 16.6. The van der Waals surface area contributed by atoms with Gasteiger partial charge in [-0.15, -0.1) is 0 Å². The summed E-state index contributed by atoms with van der Waals surface area (Å²) in [4.78, 5) is 25.9. The molecule has 1 heterocycles. The van der Waals surface area contributed by atoms with Crippen LogP contribution >= 0.6 is 27.7 Å². The molecule has 1 aromatic carbocycles. The lowest BCUT2D eigenvalue weighted by Crippen LogP contribution is -2.38. The standard InChI is InChI=1S/C14H17BrN2O2S/c1-10(15)13(18)16-12-5-3-2-4-11(12)14(19)17-6-8-20-9-7-17/h2-5,10H,6-9H2,1H3,(H,16,18)/t10-/m0/s1. The van der Waals surface area contributed by atoms with E-state index in [4.69, 9.17) is 0 Å². The van der Waals surface area contributed by atoms with E-state index >= 15 is 0 Å². The van der Waals surface area contributed by atoms with Gasteiger partial charge in [0.25, 0.3) is 5.91 Å². The van der Waals surface area contributed by atoms with Gasteiger partial charge in [0.2, 0.25) is 5.91 Å². The lowest BCUT2D eigenvalue weighted by Gasteiger charge is -2.27. The smallest absolute Gasteiger partial charge is 0.256 e. The van der Waals surface area contributed by atoms with Crippen molar-refractivity contribution in [1.82, 2.24) is 4.90 Å². The van der Waals surface area contributed by atoms with Gasteiger partial charge in [-0.2, -0.15) is 11.8 Å². The van der Waals surface area contributed by atoms with Crippen molar-refractivity contribution < 1.29 is 9.59 Å². The number of halogens is 1. The van der Waals surface area contributed by atoms with Gasteiger partial charge in [-0.3, -0.25) is 9.59 Å². The van der Waals surface area contributed by atoms with Crippen molar-refractivity contribution in [2.24, 2.45) is 0 Å². The van der Waals surface area contributed by atoms with Crippen LogP contribution in [0.25, 0.3) is 0 Å². The first-order valence-electron chi connectivity index (χ1n) is 6.50. The van der Waals surface area contributed by atoms with Crippen LogP contribution in [0.3, 0.4) is 0 Å². The first-order valence-corrected chi connectivity index (χ1v) is 8.57. The van der Waals surface area contributed by atoms with Gasteiger partial charge in [-0.1, -0.05) is 28.1 Å². The van der Waals surface area contributed by atoms with Crippen LogP contribution in [0.4, 0.5) is 5.69 Å². The highest BCUT2D eigenvalue weighted by Crippen LogP contribution is 2.20. The van der Waals surface area contributed by atoms with Crippen molar-refractivity contribution in [1.29, 1.82) is 0 Å². The van der Waals surface area contributed by atoms with Gasteiger partial charge in [-0.05, 0) is 19.1 Å². The number of rotatable bonds is 3. The Morgan fingerprint density at radius 3 is 2.60 bits per heavy atom. The third-order valence-electron chi connectivity index (χ3n) is 3.07. The van der Waals surface area contributed by atoms with Crippen molar-refractivity contribution in [2.75, 3.05) is 29.9 Å². The zero-order chi connectivity index (χ0) is 14.5. The number of carbonyl (C=O) groups excluding carboxylic acids is 2. The van der Waals surface area contributed by atoms with Gasteiger partial charge in [-0.25, -0.2) is 0 Å². The maximum atomic E-state index is 12.5. The number of amides is 2. The Morgan fingerprint density at radius 1 is 1.30 bits per heavy atom. The predicted octanol–water partition coefficient (Wildman–Crippen LogP) is 2.60. The van der Waals surface area contributed by atoms with E-state index in [0.717, 1.165) is 24.6 Å². The molecule has 1 aliphatic rings. The van der Waals surface area contributed by atoms with Crippen LogP contribution in [-0.2, 0) is 4.79 Å². The lowest BCUT2D eigenvalue weighted by molar-refractivity contribution is -0.115. The Labute approximate surface area is 131 Å². The maximum absolute atomic E-state index is 12.5. The van der Waals surface area contributed by atoms with E-state index in [1.54, 1.807) is 19.1 Å². The van der Waals surface area contributed by atoms with Gasteiger partial charge in [0.15, 0.2) is 0 Å². The Kier molecular flexibility index (Phi) is 5.48. The lowest BCUT2D eigenvalue weighted by atomic mass is 10.1. The van der Waals surface area contributed by atoms with Crippen molar-refractivity contribution >= 4 is 45.2 Å². The van der Waals surface area contributed by atoms with Gasteiger partial charge in [0.05, 0.1) is 16.1 Å². The molecule has 1 aromatic rings. The fourth-order valence-corrected chi connectivity index (χ4v) is 2.97. The molecule has 1 aliphatic heterocycles. The van der Waals surface area contributed by atoms with Gasteiger partial charge in [0.1, 0.15) is 0 Å². The van der Waals surface area contributed by atoms with Crippen molar-refractivity contribution in [2.45, 2.75) is 11.8 Å². The fourth-order valence-electron chi connectivity index (χ4n) is 1.95. The van der Waals surface area contributed by atoms with Crippen LogP contribution in [0.15, 0.2) is 24.3 Å². The predicted molar refractivity (Wildman–Crippen MR) is 86.7 cm³/mol. The highest BCUT2D eigenvalue weighted by molar-refractivity contribution is 9.10. The molecule has 0 spiro atoms. The maximum Gasteiger partial charge on any atom is 0.256 e. The topological polar surface area (TPSA) is 49.4 Å². The zero-order valence-corrected chi connectivity index (χ0v) is 13.7. The third kappa shape index (κ3) is 3.76. The summed E-state index contributed by atoms with van der Waals surface area (Å²) in [6.45, 7) is 3.28. The number of hydrogen-bond donors (Lipinski definition) is 1. The second-order valence-electron chi connectivity index (χ2n) is 4.56. The average Bonchev–Trinajstić information content (AvgIpc) is 2.48. The molecule has 1 saturated heterocycles. The molecule has 1 N–H and O–H groups in total. The Hall–Kier alpha value is -1.01. The van der Waals surface area contributed by atoms with E-state index < -0.39 is 0 Å². The molecule has 2 rings (SSSR count). The molecule has 0 unspecified atom stereocenters. The summed E-state index contributed by atoms with van der Waals surface area (Å²) in [5, 5.41) is 2.79. The minimum Gasteiger partial charge on any atom is -0.337 e.